The van der Waals surface area contributed by atoms with Crippen molar-refractivity contribution in [1.82, 2.24) is 10.4 Å². The van der Waals surface area contributed by atoms with Gasteiger partial charge in [-0.3, -0.25) is 10.4 Å². The quantitative estimate of drug-likeness (QED) is 0.516. The van der Waals surface area contributed by atoms with Crippen LogP contribution in [0, 0.1) is 6.92 Å². The first-order valence-corrected chi connectivity index (χ1v) is 6.76. The normalized spacial score (nSPS) is 10.4. The van der Waals surface area contributed by atoms with Gasteiger partial charge in [-0.15, -0.1) is 0 Å². The van der Waals surface area contributed by atoms with Gasteiger partial charge in [0.15, 0.2) is 5.11 Å². The minimum atomic E-state index is 0.407. The molecule has 1 heterocycles. The Morgan fingerprint density at radius 3 is 2.67 bits per heavy atom. The standard InChI is InChI=1S/C15H16N4OS/c1-11-4-3-5-13(17-11)10-16-19-15(21)18-12-6-8-14(20-2)9-7-12/h3-10H,1-2H3,(H2,18,19,21)/b16-10+. The molecule has 1 aromatic heterocycles. The van der Waals surface area contributed by atoms with E-state index < -0.39 is 0 Å². The van der Waals surface area contributed by atoms with E-state index >= 15 is 0 Å². The largest absolute Gasteiger partial charge is 0.497 e. The summed E-state index contributed by atoms with van der Waals surface area (Å²) in [4.78, 5) is 4.31. The van der Waals surface area contributed by atoms with Crippen molar-refractivity contribution in [1.29, 1.82) is 0 Å². The Bertz CT molecular complexity index is 640. The van der Waals surface area contributed by atoms with Gasteiger partial charge < -0.3 is 10.1 Å². The summed E-state index contributed by atoms with van der Waals surface area (Å²) in [7, 11) is 1.63. The topological polar surface area (TPSA) is 58.5 Å². The van der Waals surface area contributed by atoms with E-state index in [9.17, 15) is 0 Å². The molecule has 21 heavy (non-hydrogen) atoms. The number of thiocarbonyl (C=S) groups is 1. The number of ether oxygens (including phenoxy) is 1. The molecule has 1 aromatic carbocycles. The number of nitrogens with zero attached hydrogens (tertiary/aromatic N) is 2. The molecule has 0 radical (unpaired) electrons. The van der Waals surface area contributed by atoms with Crippen LogP contribution in [-0.2, 0) is 0 Å². The Kier molecular flexibility index (Phi) is 5.22. The molecule has 0 aliphatic heterocycles. The van der Waals surface area contributed by atoms with Crippen LogP contribution in [0.5, 0.6) is 5.75 Å². The van der Waals surface area contributed by atoms with Gasteiger partial charge in [0.1, 0.15) is 5.75 Å². The average Bonchev–Trinajstić information content (AvgIpc) is 2.48. The lowest BCUT2D eigenvalue weighted by Crippen LogP contribution is -2.23. The molecule has 0 fully saturated rings. The highest BCUT2D eigenvalue weighted by molar-refractivity contribution is 7.80. The van der Waals surface area contributed by atoms with Gasteiger partial charge in [0, 0.05) is 11.4 Å². The maximum absolute atomic E-state index is 5.15. The number of hydrazone groups is 1. The van der Waals surface area contributed by atoms with Crippen LogP contribution in [0.2, 0.25) is 0 Å². The van der Waals surface area contributed by atoms with Gasteiger partial charge in [-0.25, -0.2) is 0 Å². The fourth-order valence-electron chi connectivity index (χ4n) is 1.63. The molecule has 5 nitrogen and oxygen atoms in total. The van der Waals surface area contributed by atoms with Crippen LogP contribution in [0.1, 0.15) is 11.4 Å². The number of benzene rings is 1. The Hall–Kier alpha value is -2.47. The number of hydrogen-bond donors (Lipinski definition) is 2. The van der Waals surface area contributed by atoms with Gasteiger partial charge in [0.2, 0.25) is 0 Å². The lowest BCUT2D eigenvalue weighted by Gasteiger charge is -2.07. The first kappa shape index (κ1) is 14.9. The number of hydrogen-bond acceptors (Lipinski definition) is 4. The minimum absolute atomic E-state index is 0.407. The number of anilines is 1. The summed E-state index contributed by atoms with van der Waals surface area (Å²) in [6.45, 7) is 1.93. The van der Waals surface area contributed by atoms with E-state index in [1.807, 2.05) is 49.4 Å². The van der Waals surface area contributed by atoms with Gasteiger partial charge in [-0.1, -0.05) is 6.07 Å². The first-order chi connectivity index (χ1) is 10.2. The molecule has 0 bridgehead atoms. The van der Waals surface area contributed by atoms with E-state index in [4.69, 9.17) is 17.0 Å². The summed E-state index contributed by atoms with van der Waals surface area (Å²) in [5.41, 5.74) is 5.32. The molecular weight excluding hydrogens is 284 g/mol. The zero-order valence-electron chi connectivity index (χ0n) is 11.8. The number of nitrogens with one attached hydrogen (secondary N) is 2. The third-order valence-corrected chi connectivity index (χ3v) is 2.81. The lowest BCUT2D eigenvalue weighted by molar-refractivity contribution is 0.415. The van der Waals surface area contributed by atoms with Crippen LogP contribution in [-0.4, -0.2) is 23.4 Å². The van der Waals surface area contributed by atoms with Crippen LogP contribution >= 0.6 is 12.2 Å². The van der Waals surface area contributed by atoms with Crippen LogP contribution < -0.4 is 15.5 Å². The summed E-state index contributed by atoms with van der Waals surface area (Å²) < 4.78 is 5.09. The predicted octanol–water partition coefficient (Wildman–Crippen LogP) is 2.72. The molecule has 0 unspecified atom stereocenters. The second-order valence-electron chi connectivity index (χ2n) is 4.26. The molecule has 6 heteroatoms. The fourth-order valence-corrected chi connectivity index (χ4v) is 1.80. The number of rotatable bonds is 4. The summed E-state index contributed by atoms with van der Waals surface area (Å²) in [6.07, 6.45) is 1.62. The second-order valence-corrected chi connectivity index (χ2v) is 4.66. The maximum atomic E-state index is 5.15. The molecule has 2 rings (SSSR count). The summed E-state index contributed by atoms with van der Waals surface area (Å²) in [5.74, 6) is 0.794. The molecule has 108 valence electrons. The molecule has 2 aromatic rings. The van der Waals surface area contributed by atoms with Crippen molar-refractivity contribution in [3.05, 3.63) is 53.9 Å². The highest BCUT2D eigenvalue weighted by Gasteiger charge is 1.97. The van der Waals surface area contributed by atoms with Gasteiger partial charge in [-0.05, 0) is 55.5 Å². The van der Waals surface area contributed by atoms with E-state index in [1.165, 1.54) is 0 Å². The van der Waals surface area contributed by atoms with Crippen LogP contribution in [0.15, 0.2) is 47.6 Å². The molecule has 0 saturated heterocycles. The SMILES string of the molecule is COc1ccc(NC(=S)N/N=C/c2cccc(C)n2)cc1. The van der Waals surface area contributed by atoms with Crippen molar-refractivity contribution < 1.29 is 4.74 Å². The van der Waals surface area contributed by atoms with E-state index in [-0.39, 0.29) is 0 Å². The monoisotopic (exact) mass is 300 g/mol. The molecule has 0 spiro atoms. The van der Waals surface area contributed by atoms with Crippen molar-refractivity contribution in [3.8, 4) is 5.75 Å². The lowest BCUT2D eigenvalue weighted by atomic mass is 10.3. The van der Waals surface area contributed by atoms with Gasteiger partial charge in [-0.2, -0.15) is 5.10 Å². The zero-order chi connectivity index (χ0) is 15.1. The fraction of sp³-hybridized carbons (Fsp3) is 0.133. The Morgan fingerprint density at radius 2 is 2.00 bits per heavy atom. The Labute approximate surface area is 129 Å². The summed E-state index contributed by atoms with van der Waals surface area (Å²) in [5, 5.41) is 7.47. The van der Waals surface area contributed by atoms with Crippen LogP contribution in [0.3, 0.4) is 0 Å². The van der Waals surface area contributed by atoms with Crippen molar-refractivity contribution >= 4 is 29.2 Å². The molecule has 2 N–H and O–H groups in total. The third kappa shape index (κ3) is 4.85. The average molecular weight is 300 g/mol. The van der Waals surface area contributed by atoms with Crippen molar-refractivity contribution in [2.45, 2.75) is 6.92 Å². The van der Waals surface area contributed by atoms with Crippen LogP contribution in [0.25, 0.3) is 0 Å². The van der Waals surface area contributed by atoms with Crippen molar-refractivity contribution in [2.24, 2.45) is 5.10 Å². The van der Waals surface area contributed by atoms with Crippen molar-refractivity contribution in [3.63, 3.8) is 0 Å². The first-order valence-electron chi connectivity index (χ1n) is 6.35. The maximum Gasteiger partial charge on any atom is 0.191 e. The van der Waals surface area contributed by atoms with E-state index in [1.54, 1.807) is 13.3 Å². The summed E-state index contributed by atoms with van der Waals surface area (Å²) >= 11 is 5.15. The molecular formula is C15H16N4OS. The van der Waals surface area contributed by atoms with Crippen molar-refractivity contribution in [2.75, 3.05) is 12.4 Å². The third-order valence-electron chi connectivity index (χ3n) is 2.62. The van der Waals surface area contributed by atoms with E-state index in [0.717, 1.165) is 22.8 Å². The minimum Gasteiger partial charge on any atom is -0.497 e. The molecule has 0 atom stereocenters. The van der Waals surface area contributed by atoms with E-state index in [2.05, 4.69) is 20.8 Å². The zero-order valence-corrected chi connectivity index (χ0v) is 12.6. The number of pyridine rings is 1. The van der Waals surface area contributed by atoms with Gasteiger partial charge in [0.05, 0.1) is 19.0 Å². The molecule has 0 amide bonds. The molecule has 0 aliphatic carbocycles. The highest BCUT2D eigenvalue weighted by atomic mass is 32.1. The number of aromatic nitrogens is 1. The number of aryl methyl sites for hydroxylation is 1. The highest BCUT2D eigenvalue weighted by Crippen LogP contribution is 2.14. The Morgan fingerprint density at radius 1 is 1.24 bits per heavy atom. The van der Waals surface area contributed by atoms with Gasteiger partial charge >= 0.3 is 0 Å². The molecule has 0 aliphatic rings. The molecule has 0 saturated carbocycles. The second kappa shape index (κ2) is 7.35. The number of methoxy groups -OCH3 is 1. The predicted molar refractivity (Wildman–Crippen MR) is 88.9 cm³/mol. The van der Waals surface area contributed by atoms with Crippen LogP contribution in [0.4, 0.5) is 5.69 Å². The Balaban J connectivity index is 1.86. The smallest absolute Gasteiger partial charge is 0.191 e. The van der Waals surface area contributed by atoms with E-state index in [0.29, 0.717) is 5.11 Å². The summed E-state index contributed by atoms with van der Waals surface area (Å²) in [6, 6.07) is 13.2. The van der Waals surface area contributed by atoms with Gasteiger partial charge in [0.25, 0.3) is 0 Å².